The van der Waals surface area contributed by atoms with Gasteiger partial charge in [0.25, 0.3) is 0 Å². The van der Waals surface area contributed by atoms with Gasteiger partial charge in [-0.1, -0.05) is 0 Å². The van der Waals surface area contributed by atoms with Gasteiger partial charge >= 0.3 is 0 Å². The highest BCUT2D eigenvalue weighted by Crippen LogP contribution is 1.84. The van der Waals surface area contributed by atoms with Crippen molar-refractivity contribution < 1.29 is 0 Å². The average Bonchev–Trinajstić information content (AvgIpc) is 2.03. The van der Waals surface area contributed by atoms with Crippen LogP contribution in [0.2, 0.25) is 0 Å². The van der Waals surface area contributed by atoms with Crippen LogP contribution in [-0.4, -0.2) is 37.7 Å². The van der Waals surface area contributed by atoms with Gasteiger partial charge in [-0.2, -0.15) is 5.26 Å². The summed E-state index contributed by atoms with van der Waals surface area (Å²) < 4.78 is 0. The van der Waals surface area contributed by atoms with Crippen LogP contribution in [0.25, 0.3) is 0 Å². The lowest BCUT2D eigenvalue weighted by Gasteiger charge is -2.26. The molecule has 0 unspecified atom stereocenters. The van der Waals surface area contributed by atoms with E-state index in [9.17, 15) is 0 Å². The largest absolute Gasteiger partial charge is 0.314 e. The molecule has 0 amide bonds. The first-order valence-electron chi connectivity index (χ1n) is 3.49. The zero-order valence-electron chi connectivity index (χ0n) is 5.93. The minimum absolute atomic E-state index is 0.417. The number of rotatable bonds is 2. The Kier molecular flexibility index (Phi) is 3.16. The van der Waals surface area contributed by atoms with E-state index in [1.54, 1.807) is 0 Å². The van der Waals surface area contributed by atoms with Gasteiger partial charge in [-0.3, -0.25) is 0 Å². The van der Waals surface area contributed by atoms with E-state index in [0.29, 0.717) is 6.54 Å². The first kappa shape index (κ1) is 7.48. The number of nitrogens with zero attached hydrogens (tertiary/aromatic N) is 2. The average molecular weight is 140 g/mol. The molecule has 4 heteroatoms. The Balaban J connectivity index is 2.09. The third-order valence-corrected chi connectivity index (χ3v) is 1.50. The maximum atomic E-state index is 8.24. The Morgan fingerprint density at radius 3 is 2.80 bits per heavy atom. The molecule has 4 nitrogen and oxygen atoms in total. The van der Waals surface area contributed by atoms with Gasteiger partial charge in [0, 0.05) is 26.2 Å². The van der Waals surface area contributed by atoms with Crippen molar-refractivity contribution in [3.63, 3.8) is 0 Å². The van der Waals surface area contributed by atoms with Gasteiger partial charge in [-0.15, -0.1) is 0 Å². The van der Waals surface area contributed by atoms with Crippen LogP contribution in [0.1, 0.15) is 0 Å². The van der Waals surface area contributed by atoms with E-state index in [4.69, 9.17) is 5.26 Å². The normalized spacial score (nSPS) is 20.3. The lowest BCUT2D eigenvalue weighted by atomic mass is 10.4. The SMILES string of the molecule is N#CCNN1CCNCC1. The Hall–Kier alpha value is -0.630. The summed E-state index contributed by atoms with van der Waals surface area (Å²) in [6.45, 7) is 4.42. The number of nitrogens with one attached hydrogen (secondary N) is 2. The summed E-state index contributed by atoms with van der Waals surface area (Å²) in [5, 5.41) is 13.5. The Morgan fingerprint density at radius 2 is 2.20 bits per heavy atom. The van der Waals surface area contributed by atoms with Gasteiger partial charge in [0.1, 0.15) is 0 Å². The second-order valence-corrected chi connectivity index (χ2v) is 2.23. The second-order valence-electron chi connectivity index (χ2n) is 2.23. The molecular weight excluding hydrogens is 128 g/mol. The molecule has 0 radical (unpaired) electrons. The summed E-state index contributed by atoms with van der Waals surface area (Å²) >= 11 is 0. The Bertz CT molecular complexity index is 122. The van der Waals surface area contributed by atoms with E-state index in [1.807, 2.05) is 6.07 Å². The van der Waals surface area contributed by atoms with Gasteiger partial charge in [-0.25, -0.2) is 10.4 Å². The molecule has 10 heavy (non-hydrogen) atoms. The third-order valence-electron chi connectivity index (χ3n) is 1.50. The van der Waals surface area contributed by atoms with Crippen LogP contribution in [-0.2, 0) is 0 Å². The molecule has 2 N–H and O–H groups in total. The molecule has 0 aromatic carbocycles. The van der Waals surface area contributed by atoms with Crippen LogP contribution in [0, 0.1) is 11.3 Å². The highest BCUT2D eigenvalue weighted by atomic mass is 15.5. The number of piperazine rings is 1. The monoisotopic (exact) mass is 140 g/mol. The molecule has 0 aromatic rings. The molecule has 0 bridgehead atoms. The highest BCUT2D eigenvalue weighted by molar-refractivity contribution is 4.73. The Morgan fingerprint density at radius 1 is 1.50 bits per heavy atom. The molecule has 0 saturated carbocycles. The summed E-state index contributed by atoms with van der Waals surface area (Å²) in [4.78, 5) is 0. The topological polar surface area (TPSA) is 51.1 Å². The van der Waals surface area contributed by atoms with Crippen LogP contribution in [0.4, 0.5) is 0 Å². The quantitative estimate of drug-likeness (QED) is 0.479. The molecule has 0 aromatic heterocycles. The van der Waals surface area contributed by atoms with Crippen molar-refractivity contribution in [2.24, 2.45) is 0 Å². The molecular formula is C6H12N4. The molecule has 1 fully saturated rings. The van der Waals surface area contributed by atoms with Crippen LogP contribution in [0.15, 0.2) is 0 Å². The minimum Gasteiger partial charge on any atom is -0.314 e. The molecule has 1 rings (SSSR count). The van der Waals surface area contributed by atoms with Crippen molar-refractivity contribution in [2.75, 3.05) is 32.7 Å². The predicted octanol–water partition coefficient (Wildman–Crippen LogP) is -1.08. The molecule has 0 atom stereocenters. The van der Waals surface area contributed by atoms with E-state index >= 15 is 0 Å². The van der Waals surface area contributed by atoms with E-state index in [0.717, 1.165) is 26.2 Å². The van der Waals surface area contributed by atoms with Gasteiger partial charge < -0.3 is 5.32 Å². The lowest BCUT2D eigenvalue weighted by molar-refractivity contribution is 0.174. The smallest absolute Gasteiger partial charge is 0.0974 e. The first-order valence-corrected chi connectivity index (χ1v) is 3.49. The van der Waals surface area contributed by atoms with Crippen molar-refractivity contribution in [1.29, 1.82) is 5.26 Å². The van der Waals surface area contributed by atoms with Crippen LogP contribution in [0.5, 0.6) is 0 Å². The summed E-state index contributed by atoms with van der Waals surface area (Å²) in [5.41, 5.74) is 3.00. The summed E-state index contributed by atoms with van der Waals surface area (Å²) in [6.07, 6.45) is 0. The number of nitriles is 1. The fourth-order valence-electron chi connectivity index (χ4n) is 0.970. The van der Waals surface area contributed by atoms with Crippen molar-refractivity contribution in [3.8, 4) is 6.07 Å². The van der Waals surface area contributed by atoms with E-state index in [2.05, 4.69) is 15.8 Å². The molecule has 1 saturated heterocycles. The standard InChI is InChI=1S/C6H12N4/c7-1-2-9-10-5-3-8-4-6-10/h8-9H,2-6H2. The first-order chi connectivity index (χ1) is 4.93. The van der Waals surface area contributed by atoms with Gasteiger partial charge in [0.2, 0.25) is 0 Å². The third kappa shape index (κ3) is 2.31. The zero-order valence-corrected chi connectivity index (χ0v) is 5.93. The van der Waals surface area contributed by atoms with Crippen molar-refractivity contribution in [1.82, 2.24) is 15.8 Å². The van der Waals surface area contributed by atoms with Crippen LogP contribution >= 0.6 is 0 Å². The lowest BCUT2D eigenvalue weighted by Crippen LogP contribution is -2.50. The fourth-order valence-corrected chi connectivity index (χ4v) is 0.970. The van der Waals surface area contributed by atoms with Gasteiger partial charge in [-0.05, 0) is 0 Å². The summed E-state index contributed by atoms with van der Waals surface area (Å²) in [5.74, 6) is 0. The van der Waals surface area contributed by atoms with E-state index in [-0.39, 0.29) is 0 Å². The van der Waals surface area contributed by atoms with Crippen molar-refractivity contribution >= 4 is 0 Å². The molecule has 0 spiro atoms. The summed E-state index contributed by atoms with van der Waals surface area (Å²) in [6, 6.07) is 2.04. The molecule has 1 aliphatic heterocycles. The fraction of sp³-hybridized carbons (Fsp3) is 0.833. The minimum atomic E-state index is 0.417. The summed E-state index contributed by atoms with van der Waals surface area (Å²) in [7, 11) is 0. The van der Waals surface area contributed by atoms with Crippen LogP contribution < -0.4 is 10.7 Å². The van der Waals surface area contributed by atoms with Gasteiger partial charge in [0.15, 0.2) is 0 Å². The molecule has 1 heterocycles. The van der Waals surface area contributed by atoms with Gasteiger partial charge in [0.05, 0.1) is 12.6 Å². The molecule has 56 valence electrons. The second kappa shape index (κ2) is 4.23. The Labute approximate surface area is 60.8 Å². The van der Waals surface area contributed by atoms with Crippen LogP contribution in [0.3, 0.4) is 0 Å². The molecule has 1 aliphatic rings. The zero-order chi connectivity index (χ0) is 7.23. The van der Waals surface area contributed by atoms with E-state index in [1.165, 1.54) is 0 Å². The number of hydrazine groups is 1. The van der Waals surface area contributed by atoms with E-state index < -0.39 is 0 Å². The number of hydrogen-bond acceptors (Lipinski definition) is 4. The molecule has 0 aliphatic carbocycles. The van der Waals surface area contributed by atoms with Crippen molar-refractivity contribution in [2.45, 2.75) is 0 Å². The predicted molar refractivity (Wildman–Crippen MR) is 38.1 cm³/mol. The number of hydrogen-bond donors (Lipinski definition) is 2. The maximum absolute atomic E-state index is 8.24. The van der Waals surface area contributed by atoms with Crippen molar-refractivity contribution in [3.05, 3.63) is 0 Å². The highest BCUT2D eigenvalue weighted by Gasteiger charge is 2.06. The maximum Gasteiger partial charge on any atom is 0.0974 e.